The van der Waals surface area contributed by atoms with Crippen molar-refractivity contribution in [2.75, 3.05) is 12.4 Å². The van der Waals surface area contributed by atoms with E-state index in [-0.39, 0.29) is 32.6 Å². The summed E-state index contributed by atoms with van der Waals surface area (Å²) in [5, 5.41) is 18.1. The van der Waals surface area contributed by atoms with Gasteiger partial charge in [0.25, 0.3) is 0 Å². The summed E-state index contributed by atoms with van der Waals surface area (Å²) in [6, 6.07) is 17.6. The van der Waals surface area contributed by atoms with E-state index in [0.717, 1.165) is 11.3 Å². The summed E-state index contributed by atoms with van der Waals surface area (Å²) in [6.45, 7) is 9.71. The standard InChI is InChI=1S/C35H37Cl2F2N3O3/c1-33(2,3)17-26-35(18-40,23-15-12-20(36)16-25(23)38)27(22-8-7-9-24(37)28(22)39)29(42-26)30-31(45-30)41-21-13-10-19(11-14-21)34(4,5)32(43)44-6/h7-16,26-27,29-31,41-42H,17H2,1-6H3. The number of carbonyl (C=O) groups excluding carboxylic acids is 1. The molecule has 2 fully saturated rings. The first-order valence-electron chi connectivity index (χ1n) is 14.8. The van der Waals surface area contributed by atoms with Crippen molar-refractivity contribution < 1.29 is 23.0 Å². The van der Waals surface area contributed by atoms with Crippen LogP contribution >= 0.6 is 23.2 Å². The lowest BCUT2D eigenvalue weighted by molar-refractivity contribution is -0.146. The Morgan fingerprint density at radius 3 is 2.38 bits per heavy atom. The fraction of sp³-hybridized carbons (Fsp3) is 0.429. The third-order valence-electron chi connectivity index (χ3n) is 8.98. The van der Waals surface area contributed by atoms with Crippen LogP contribution in [0.4, 0.5) is 14.5 Å². The monoisotopic (exact) mass is 655 g/mol. The molecule has 2 heterocycles. The highest BCUT2D eigenvalue weighted by molar-refractivity contribution is 6.31. The van der Waals surface area contributed by atoms with Crippen molar-refractivity contribution in [3.05, 3.63) is 99.0 Å². The number of rotatable bonds is 8. The predicted molar refractivity (Wildman–Crippen MR) is 171 cm³/mol. The van der Waals surface area contributed by atoms with Crippen molar-refractivity contribution >= 4 is 34.9 Å². The number of ether oxygens (including phenoxy) is 2. The molecule has 6 unspecified atom stereocenters. The van der Waals surface area contributed by atoms with Gasteiger partial charge in [0.15, 0.2) is 6.23 Å². The van der Waals surface area contributed by atoms with Gasteiger partial charge in [-0.2, -0.15) is 5.26 Å². The van der Waals surface area contributed by atoms with Gasteiger partial charge < -0.3 is 20.1 Å². The molecule has 0 spiro atoms. The lowest BCUT2D eigenvalue weighted by Crippen LogP contribution is -2.44. The number of nitrogens with zero attached hydrogens (tertiary/aromatic N) is 1. The Balaban J connectivity index is 1.55. The van der Waals surface area contributed by atoms with E-state index >= 15 is 8.78 Å². The van der Waals surface area contributed by atoms with Gasteiger partial charge in [0, 0.05) is 34.3 Å². The molecule has 2 aliphatic rings. The van der Waals surface area contributed by atoms with Crippen LogP contribution in [-0.2, 0) is 25.1 Å². The van der Waals surface area contributed by atoms with Crippen LogP contribution < -0.4 is 10.6 Å². The Bertz CT molecular complexity index is 1640. The second kappa shape index (κ2) is 12.2. The molecule has 2 N–H and O–H groups in total. The molecule has 0 radical (unpaired) electrons. The zero-order valence-electron chi connectivity index (χ0n) is 26.1. The maximum atomic E-state index is 15.9. The van der Waals surface area contributed by atoms with E-state index in [0.29, 0.717) is 6.42 Å². The largest absolute Gasteiger partial charge is 0.468 e. The highest BCUT2D eigenvalue weighted by atomic mass is 35.5. The summed E-state index contributed by atoms with van der Waals surface area (Å²) >= 11 is 12.4. The number of nitriles is 1. The maximum Gasteiger partial charge on any atom is 0.315 e. The number of anilines is 1. The molecule has 238 valence electrons. The summed E-state index contributed by atoms with van der Waals surface area (Å²) in [5.41, 5.74) is -0.749. The number of hydrogen-bond donors (Lipinski definition) is 2. The van der Waals surface area contributed by atoms with Gasteiger partial charge in [0.05, 0.1) is 23.6 Å². The van der Waals surface area contributed by atoms with Crippen LogP contribution in [0.3, 0.4) is 0 Å². The van der Waals surface area contributed by atoms with Crippen LogP contribution in [0, 0.1) is 28.4 Å². The number of halogens is 4. The van der Waals surface area contributed by atoms with E-state index in [4.69, 9.17) is 32.7 Å². The molecule has 3 aromatic rings. The zero-order valence-corrected chi connectivity index (χ0v) is 27.6. The zero-order chi connectivity index (χ0) is 32.9. The number of benzene rings is 3. The Kier molecular flexibility index (Phi) is 8.98. The lowest BCUT2D eigenvalue weighted by Gasteiger charge is -2.37. The molecule has 0 aliphatic carbocycles. The number of nitrogens with one attached hydrogen (secondary N) is 2. The van der Waals surface area contributed by atoms with Crippen molar-refractivity contribution in [1.29, 1.82) is 5.26 Å². The highest BCUT2D eigenvalue weighted by Gasteiger charge is 2.64. The topological polar surface area (TPSA) is 86.7 Å². The third-order valence-corrected chi connectivity index (χ3v) is 9.51. The molecule has 0 amide bonds. The molecule has 45 heavy (non-hydrogen) atoms. The maximum absolute atomic E-state index is 15.9. The first-order valence-corrected chi connectivity index (χ1v) is 15.6. The second-order valence-corrected chi connectivity index (χ2v) is 14.4. The van der Waals surface area contributed by atoms with Gasteiger partial charge in [-0.3, -0.25) is 4.79 Å². The van der Waals surface area contributed by atoms with Gasteiger partial charge in [-0.25, -0.2) is 8.78 Å². The minimum absolute atomic E-state index is 0.0877. The van der Waals surface area contributed by atoms with Gasteiger partial charge in [-0.05, 0) is 67.1 Å². The van der Waals surface area contributed by atoms with Crippen LogP contribution in [0.5, 0.6) is 0 Å². The molecule has 5 rings (SSSR count). The Labute approximate surface area is 273 Å². The van der Waals surface area contributed by atoms with Crippen molar-refractivity contribution in [3.63, 3.8) is 0 Å². The normalized spacial score (nSPS) is 26.3. The summed E-state index contributed by atoms with van der Waals surface area (Å²) < 4.78 is 42.9. The quantitative estimate of drug-likeness (QED) is 0.190. The third kappa shape index (κ3) is 6.16. The van der Waals surface area contributed by atoms with Gasteiger partial charge in [-0.1, -0.05) is 74.3 Å². The van der Waals surface area contributed by atoms with E-state index in [1.54, 1.807) is 32.0 Å². The number of carbonyl (C=O) groups is 1. The average Bonchev–Trinajstić information content (AvgIpc) is 3.67. The van der Waals surface area contributed by atoms with Crippen LogP contribution in [0.25, 0.3) is 0 Å². The Morgan fingerprint density at radius 1 is 1.09 bits per heavy atom. The number of methoxy groups -OCH3 is 1. The Morgan fingerprint density at radius 2 is 1.78 bits per heavy atom. The fourth-order valence-corrected chi connectivity index (χ4v) is 7.04. The highest BCUT2D eigenvalue weighted by Crippen LogP contribution is 2.55. The van der Waals surface area contributed by atoms with Crippen molar-refractivity contribution in [1.82, 2.24) is 5.32 Å². The van der Waals surface area contributed by atoms with E-state index in [1.165, 1.54) is 25.3 Å². The first kappa shape index (κ1) is 33.2. The molecule has 6 nitrogen and oxygen atoms in total. The molecule has 3 aromatic carbocycles. The summed E-state index contributed by atoms with van der Waals surface area (Å²) in [7, 11) is 1.36. The summed E-state index contributed by atoms with van der Waals surface area (Å²) in [5.74, 6) is -2.51. The van der Waals surface area contributed by atoms with Crippen molar-refractivity contribution in [3.8, 4) is 6.07 Å². The van der Waals surface area contributed by atoms with Gasteiger partial charge in [-0.15, -0.1) is 0 Å². The van der Waals surface area contributed by atoms with Gasteiger partial charge in [0.2, 0.25) is 0 Å². The molecule has 0 saturated carbocycles. The lowest BCUT2D eigenvalue weighted by atomic mass is 9.62. The number of hydrogen-bond acceptors (Lipinski definition) is 6. The summed E-state index contributed by atoms with van der Waals surface area (Å²) in [6.07, 6.45) is -0.487. The molecule has 6 atom stereocenters. The predicted octanol–water partition coefficient (Wildman–Crippen LogP) is 7.88. The van der Waals surface area contributed by atoms with Crippen molar-refractivity contribution in [2.24, 2.45) is 5.41 Å². The van der Waals surface area contributed by atoms with Gasteiger partial charge in [0.1, 0.15) is 23.2 Å². The van der Waals surface area contributed by atoms with Crippen LogP contribution in [0.1, 0.15) is 63.6 Å². The van der Waals surface area contributed by atoms with Crippen LogP contribution in [-0.4, -0.2) is 37.5 Å². The van der Waals surface area contributed by atoms with E-state index in [9.17, 15) is 10.1 Å². The fourth-order valence-electron chi connectivity index (χ4n) is 6.70. The smallest absolute Gasteiger partial charge is 0.315 e. The van der Waals surface area contributed by atoms with Crippen molar-refractivity contribution in [2.45, 2.75) is 82.2 Å². The van der Waals surface area contributed by atoms with Crippen LogP contribution in [0.15, 0.2) is 60.7 Å². The van der Waals surface area contributed by atoms with E-state index in [1.807, 2.05) is 45.0 Å². The van der Waals surface area contributed by atoms with Gasteiger partial charge >= 0.3 is 5.97 Å². The molecule has 2 saturated heterocycles. The first-order chi connectivity index (χ1) is 21.1. The molecule has 2 aliphatic heterocycles. The minimum Gasteiger partial charge on any atom is -0.468 e. The summed E-state index contributed by atoms with van der Waals surface area (Å²) in [4.78, 5) is 12.3. The molecule has 0 bridgehead atoms. The number of epoxide rings is 1. The Hall–Kier alpha value is -3.22. The molecule has 10 heteroatoms. The van der Waals surface area contributed by atoms with Crippen LogP contribution in [0.2, 0.25) is 10.0 Å². The molecular formula is C35H37Cl2F2N3O3. The minimum atomic E-state index is -1.53. The average molecular weight is 657 g/mol. The van der Waals surface area contributed by atoms with E-state index in [2.05, 4.69) is 16.7 Å². The van der Waals surface area contributed by atoms with E-state index < -0.39 is 52.8 Å². The SMILES string of the molecule is COC(=O)C(C)(C)c1ccc(NC2OC2C2NC(CC(C)(C)C)C(C#N)(c3ccc(Cl)cc3F)C2c2cccc(Cl)c2F)cc1. The molecule has 0 aromatic heterocycles. The second-order valence-electron chi connectivity index (χ2n) is 13.6. The molecular weight excluding hydrogens is 619 g/mol. The number of esters is 1.